The van der Waals surface area contributed by atoms with E-state index in [2.05, 4.69) is 35.3 Å². The lowest BCUT2D eigenvalue weighted by atomic mass is 10.2. The van der Waals surface area contributed by atoms with Gasteiger partial charge in [-0.25, -0.2) is 9.79 Å². The molecule has 0 aromatic carbocycles. The van der Waals surface area contributed by atoms with Gasteiger partial charge in [-0.15, -0.1) is 0 Å². The average Bonchev–Trinajstić information content (AvgIpc) is 3.01. The number of fused-ring (bicyclic) bond motifs is 1. The van der Waals surface area contributed by atoms with Gasteiger partial charge in [-0.3, -0.25) is 4.98 Å². The van der Waals surface area contributed by atoms with Crippen molar-refractivity contribution in [2.75, 3.05) is 5.32 Å². The molecule has 3 aromatic heterocycles. The molecule has 2 aliphatic rings. The normalized spacial score (nSPS) is 19.4. The van der Waals surface area contributed by atoms with Crippen molar-refractivity contribution < 1.29 is 5.11 Å². The number of nitrogens with zero attached hydrogens (tertiary/aromatic N) is 5. The summed E-state index contributed by atoms with van der Waals surface area (Å²) in [4.78, 5) is 30.1. The summed E-state index contributed by atoms with van der Waals surface area (Å²) in [7, 11) is 0. The van der Waals surface area contributed by atoms with E-state index >= 15 is 0 Å². The molecular weight excluding hydrogens is 348 g/mol. The quantitative estimate of drug-likeness (QED) is 0.504. The monoisotopic (exact) mass is 368 g/mol. The molecule has 3 heterocycles. The summed E-state index contributed by atoms with van der Waals surface area (Å²) in [5.41, 5.74) is 0.901. The molecule has 4 N–H and O–H groups in total. The number of aromatic nitrogens is 6. The predicted octanol–water partition coefficient (Wildman–Crippen LogP) is -0.188. The summed E-state index contributed by atoms with van der Waals surface area (Å²) >= 11 is 0. The number of anilines is 1. The van der Waals surface area contributed by atoms with E-state index < -0.39 is 5.69 Å². The number of hydrogen-bond donors (Lipinski definition) is 4. The van der Waals surface area contributed by atoms with Crippen LogP contribution in [0.2, 0.25) is 0 Å². The number of rotatable bonds is 4. The zero-order valence-electron chi connectivity index (χ0n) is 14.6. The van der Waals surface area contributed by atoms with Crippen LogP contribution in [0.25, 0.3) is 11.7 Å². The largest absolute Gasteiger partial charge is 0.493 e. The Morgan fingerprint density at radius 2 is 2.04 bits per heavy atom. The molecule has 140 valence electrons. The Balaban J connectivity index is 1.66. The van der Waals surface area contributed by atoms with Crippen molar-refractivity contribution in [1.82, 2.24) is 29.5 Å². The van der Waals surface area contributed by atoms with E-state index in [1.807, 2.05) is 0 Å². The van der Waals surface area contributed by atoms with Gasteiger partial charge in [0.1, 0.15) is 5.69 Å². The molecular formula is C17H20N8O2. The van der Waals surface area contributed by atoms with E-state index in [9.17, 15) is 9.90 Å². The first-order valence-electron chi connectivity index (χ1n) is 9.25. The number of nitrogens with one attached hydrogen (secondary N) is 3. The second-order valence-electron chi connectivity index (χ2n) is 7.15. The first-order valence-corrected chi connectivity index (χ1v) is 9.25. The standard InChI is InChI=1S/C17H20N8O2/c26-14-12(21-17(27)23-14)7-9-8-18-25-13(9)22-15(19-10-3-1-2-4-10)24-16(25)20-11-5-6-11/h7-8,10-11,26H,1-6H2,(H,19,20,24)(H2,21,23,27). The maximum Gasteiger partial charge on any atom is 0.326 e. The Morgan fingerprint density at radius 1 is 1.22 bits per heavy atom. The Labute approximate surface area is 153 Å². The summed E-state index contributed by atoms with van der Waals surface area (Å²) in [6.07, 6.45) is 10.0. The lowest BCUT2D eigenvalue weighted by Crippen LogP contribution is -2.27. The zero-order chi connectivity index (χ0) is 18.4. The van der Waals surface area contributed by atoms with Gasteiger partial charge in [-0.1, -0.05) is 12.8 Å². The minimum absolute atomic E-state index is 0.222. The molecule has 0 saturated heterocycles. The number of aromatic amines is 2. The number of H-pyrrole nitrogens is 2. The Bertz CT molecular complexity index is 1160. The van der Waals surface area contributed by atoms with Crippen LogP contribution in [0.15, 0.2) is 16.0 Å². The molecule has 3 aromatic rings. The molecule has 0 unspecified atom stereocenters. The Kier molecular flexibility index (Phi) is 3.69. The molecule has 0 aliphatic heterocycles. The van der Waals surface area contributed by atoms with Crippen LogP contribution >= 0.6 is 0 Å². The predicted molar refractivity (Wildman–Crippen MR) is 97.1 cm³/mol. The van der Waals surface area contributed by atoms with Gasteiger partial charge in [0.2, 0.25) is 11.8 Å². The van der Waals surface area contributed by atoms with Crippen LogP contribution in [0, 0.1) is 0 Å². The average molecular weight is 368 g/mol. The smallest absolute Gasteiger partial charge is 0.326 e. The fourth-order valence-corrected chi connectivity index (χ4v) is 3.40. The molecule has 10 heteroatoms. The summed E-state index contributed by atoms with van der Waals surface area (Å²) in [5.74, 6) is 0.316. The van der Waals surface area contributed by atoms with Gasteiger partial charge in [0, 0.05) is 11.3 Å². The SMILES string of the molecule is O=c1[nH]c(O)c(C=c2cnn3c(=NC4CC4)nc(NC4CCCC4)nc23)[nH]1. The lowest BCUT2D eigenvalue weighted by Gasteiger charge is -2.11. The van der Waals surface area contributed by atoms with Gasteiger partial charge in [0.15, 0.2) is 5.65 Å². The highest BCUT2D eigenvalue weighted by Crippen LogP contribution is 2.23. The lowest BCUT2D eigenvalue weighted by molar-refractivity contribution is 0.454. The van der Waals surface area contributed by atoms with E-state index in [4.69, 9.17) is 0 Å². The second kappa shape index (κ2) is 6.22. The van der Waals surface area contributed by atoms with Crippen molar-refractivity contribution in [3.8, 4) is 5.88 Å². The highest BCUT2D eigenvalue weighted by atomic mass is 16.3. The summed E-state index contributed by atoms with van der Waals surface area (Å²) in [6.45, 7) is 0. The summed E-state index contributed by atoms with van der Waals surface area (Å²) in [5, 5.41) is 18.2. The third-order valence-corrected chi connectivity index (χ3v) is 4.95. The maximum absolute atomic E-state index is 11.4. The van der Waals surface area contributed by atoms with E-state index in [1.54, 1.807) is 16.8 Å². The van der Waals surface area contributed by atoms with Crippen LogP contribution in [0.3, 0.4) is 0 Å². The van der Waals surface area contributed by atoms with Crippen LogP contribution in [0.4, 0.5) is 5.95 Å². The number of imidazole rings is 1. The van der Waals surface area contributed by atoms with Crippen molar-refractivity contribution >= 4 is 17.7 Å². The van der Waals surface area contributed by atoms with Gasteiger partial charge in [-0.2, -0.15) is 19.6 Å². The number of aromatic hydroxyl groups is 1. The van der Waals surface area contributed by atoms with Gasteiger partial charge in [0.25, 0.3) is 5.62 Å². The van der Waals surface area contributed by atoms with Gasteiger partial charge >= 0.3 is 5.69 Å². The second-order valence-corrected chi connectivity index (χ2v) is 7.15. The highest BCUT2D eigenvalue weighted by Gasteiger charge is 2.21. The summed E-state index contributed by atoms with van der Waals surface area (Å²) < 4.78 is 1.60. The van der Waals surface area contributed by atoms with E-state index in [1.165, 1.54) is 12.8 Å². The maximum atomic E-state index is 11.4. The third-order valence-electron chi connectivity index (χ3n) is 4.95. The molecule has 5 rings (SSSR count). The molecule has 10 nitrogen and oxygen atoms in total. The van der Waals surface area contributed by atoms with Gasteiger partial charge < -0.3 is 15.4 Å². The van der Waals surface area contributed by atoms with Crippen LogP contribution in [-0.4, -0.2) is 46.7 Å². The Hall–Kier alpha value is -3.17. The molecule has 2 fully saturated rings. The van der Waals surface area contributed by atoms with Gasteiger partial charge in [0.05, 0.1) is 12.2 Å². The van der Waals surface area contributed by atoms with Crippen LogP contribution in [0.5, 0.6) is 5.88 Å². The molecule has 0 spiro atoms. The molecule has 0 atom stereocenters. The van der Waals surface area contributed by atoms with E-state index in [0.717, 1.165) is 25.7 Å². The summed E-state index contributed by atoms with van der Waals surface area (Å²) in [6, 6.07) is 0.672. The van der Waals surface area contributed by atoms with Crippen molar-refractivity contribution in [2.24, 2.45) is 4.99 Å². The van der Waals surface area contributed by atoms with Crippen molar-refractivity contribution in [2.45, 2.75) is 50.6 Å². The first-order chi connectivity index (χ1) is 13.2. The van der Waals surface area contributed by atoms with Crippen molar-refractivity contribution in [3.05, 3.63) is 33.2 Å². The topological polar surface area (TPSA) is 136 Å². The van der Waals surface area contributed by atoms with Crippen LogP contribution in [-0.2, 0) is 0 Å². The van der Waals surface area contributed by atoms with E-state index in [0.29, 0.717) is 34.5 Å². The highest BCUT2D eigenvalue weighted by molar-refractivity contribution is 5.57. The first kappa shape index (κ1) is 16.0. The van der Waals surface area contributed by atoms with Crippen molar-refractivity contribution in [3.63, 3.8) is 0 Å². The molecule has 2 saturated carbocycles. The third kappa shape index (κ3) is 3.18. The van der Waals surface area contributed by atoms with Crippen LogP contribution < -0.4 is 21.8 Å². The van der Waals surface area contributed by atoms with Gasteiger partial charge in [-0.05, 0) is 31.8 Å². The zero-order valence-corrected chi connectivity index (χ0v) is 14.6. The van der Waals surface area contributed by atoms with Crippen molar-refractivity contribution in [1.29, 1.82) is 0 Å². The van der Waals surface area contributed by atoms with Crippen LogP contribution in [0.1, 0.15) is 44.2 Å². The minimum atomic E-state index is -0.474. The molecule has 0 amide bonds. The molecule has 0 bridgehead atoms. The molecule has 0 radical (unpaired) electrons. The molecule has 2 aliphatic carbocycles. The fourth-order valence-electron chi connectivity index (χ4n) is 3.40. The minimum Gasteiger partial charge on any atom is -0.493 e. The molecule has 27 heavy (non-hydrogen) atoms. The van der Waals surface area contributed by atoms with E-state index in [-0.39, 0.29) is 11.6 Å². The number of hydrogen-bond acceptors (Lipinski definition) is 7. The Morgan fingerprint density at radius 3 is 2.74 bits per heavy atom. The fraction of sp³-hybridized carbons (Fsp3) is 0.471.